The lowest BCUT2D eigenvalue weighted by Crippen LogP contribution is -2.04. The first-order valence-electron chi connectivity index (χ1n) is 7.35. The second-order valence-electron chi connectivity index (χ2n) is 5.55. The molecule has 0 spiro atoms. The molecular formula is C15H18N6O. The van der Waals surface area contributed by atoms with Gasteiger partial charge in [0.05, 0.1) is 0 Å². The number of aryl methyl sites for hydroxylation is 1. The van der Waals surface area contributed by atoms with Crippen LogP contribution in [0.5, 0.6) is 0 Å². The van der Waals surface area contributed by atoms with Crippen molar-refractivity contribution in [2.45, 2.75) is 33.2 Å². The number of rotatable bonds is 6. The fraction of sp³-hybridized carbons (Fsp3) is 0.400. The number of hydrogen-bond acceptors (Lipinski definition) is 6. The Bertz CT molecular complexity index is 718. The standard InChI is InChI=1S/C15H18N6O/c1-11(2)8-9-13-16-14(22-19-13)10-21-18-15(17-20-21)12-6-4-3-5-7-12/h3-7,11H,8-10H2,1-2H3. The molecule has 22 heavy (non-hydrogen) atoms. The van der Waals surface area contributed by atoms with Crippen molar-refractivity contribution >= 4 is 0 Å². The van der Waals surface area contributed by atoms with E-state index in [1.54, 1.807) is 0 Å². The Morgan fingerprint density at radius 1 is 1.18 bits per heavy atom. The lowest BCUT2D eigenvalue weighted by Gasteiger charge is -1.98. The van der Waals surface area contributed by atoms with Crippen molar-refractivity contribution in [1.29, 1.82) is 0 Å². The highest BCUT2D eigenvalue weighted by molar-refractivity contribution is 5.52. The fourth-order valence-corrected chi connectivity index (χ4v) is 2.01. The predicted octanol–water partition coefficient (Wildman–Crippen LogP) is 2.36. The summed E-state index contributed by atoms with van der Waals surface area (Å²) in [5.74, 6) is 2.43. The van der Waals surface area contributed by atoms with Crippen LogP contribution in [0.25, 0.3) is 11.4 Å². The molecular weight excluding hydrogens is 280 g/mol. The van der Waals surface area contributed by atoms with Crippen molar-refractivity contribution in [3.63, 3.8) is 0 Å². The zero-order valence-corrected chi connectivity index (χ0v) is 12.7. The summed E-state index contributed by atoms with van der Waals surface area (Å²) in [6.45, 7) is 4.67. The molecule has 0 unspecified atom stereocenters. The smallest absolute Gasteiger partial charge is 0.250 e. The second-order valence-corrected chi connectivity index (χ2v) is 5.55. The van der Waals surface area contributed by atoms with E-state index in [9.17, 15) is 0 Å². The van der Waals surface area contributed by atoms with Gasteiger partial charge in [0.15, 0.2) is 5.82 Å². The first kappa shape index (κ1) is 14.4. The van der Waals surface area contributed by atoms with E-state index in [2.05, 4.69) is 39.4 Å². The van der Waals surface area contributed by atoms with Gasteiger partial charge in [0.1, 0.15) is 6.54 Å². The molecule has 0 saturated heterocycles. The van der Waals surface area contributed by atoms with Crippen LogP contribution in [0, 0.1) is 5.92 Å². The van der Waals surface area contributed by atoms with Crippen molar-refractivity contribution in [3.8, 4) is 11.4 Å². The molecule has 0 aliphatic rings. The molecule has 0 aliphatic heterocycles. The SMILES string of the molecule is CC(C)CCc1noc(Cn2nnc(-c3ccccc3)n2)n1. The molecule has 3 aromatic rings. The summed E-state index contributed by atoms with van der Waals surface area (Å²) in [6.07, 6.45) is 1.86. The normalized spacial score (nSPS) is 11.2. The van der Waals surface area contributed by atoms with E-state index in [4.69, 9.17) is 4.52 Å². The van der Waals surface area contributed by atoms with Gasteiger partial charge in [-0.25, -0.2) is 0 Å². The maximum Gasteiger partial charge on any atom is 0.250 e. The summed E-state index contributed by atoms with van der Waals surface area (Å²) in [7, 11) is 0. The van der Waals surface area contributed by atoms with E-state index in [0.29, 0.717) is 24.2 Å². The third kappa shape index (κ3) is 3.55. The molecule has 2 aromatic heterocycles. The molecule has 0 aliphatic carbocycles. The maximum absolute atomic E-state index is 5.23. The Morgan fingerprint density at radius 2 is 2.00 bits per heavy atom. The van der Waals surface area contributed by atoms with E-state index in [1.165, 1.54) is 4.80 Å². The van der Waals surface area contributed by atoms with Crippen LogP contribution in [0.3, 0.4) is 0 Å². The summed E-state index contributed by atoms with van der Waals surface area (Å²) in [4.78, 5) is 5.81. The van der Waals surface area contributed by atoms with Gasteiger partial charge in [-0.3, -0.25) is 0 Å². The molecule has 3 rings (SSSR count). The lowest BCUT2D eigenvalue weighted by molar-refractivity contribution is 0.351. The van der Waals surface area contributed by atoms with Gasteiger partial charge >= 0.3 is 0 Å². The van der Waals surface area contributed by atoms with Crippen molar-refractivity contribution in [2.24, 2.45) is 5.92 Å². The Hall–Kier alpha value is -2.57. The topological polar surface area (TPSA) is 82.5 Å². The average molecular weight is 298 g/mol. The lowest BCUT2D eigenvalue weighted by atomic mass is 10.1. The second kappa shape index (κ2) is 6.46. The molecule has 0 N–H and O–H groups in total. The zero-order chi connectivity index (χ0) is 15.4. The van der Waals surface area contributed by atoms with Gasteiger partial charge in [0.25, 0.3) is 0 Å². The van der Waals surface area contributed by atoms with E-state index in [-0.39, 0.29) is 0 Å². The average Bonchev–Trinajstić information content (AvgIpc) is 3.16. The minimum absolute atomic E-state index is 0.328. The van der Waals surface area contributed by atoms with Crippen LogP contribution in [-0.4, -0.2) is 30.3 Å². The fourth-order valence-electron chi connectivity index (χ4n) is 2.01. The Balaban J connectivity index is 1.65. The predicted molar refractivity (Wildman–Crippen MR) is 79.8 cm³/mol. The molecule has 7 heteroatoms. The highest BCUT2D eigenvalue weighted by Crippen LogP contribution is 2.12. The van der Waals surface area contributed by atoms with Crippen molar-refractivity contribution in [3.05, 3.63) is 42.0 Å². The van der Waals surface area contributed by atoms with Crippen molar-refractivity contribution in [2.75, 3.05) is 0 Å². The largest absolute Gasteiger partial charge is 0.337 e. The van der Waals surface area contributed by atoms with Crippen LogP contribution in [0.2, 0.25) is 0 Å². The molecule has 0 bridgehead atoms. The minimum Gasteiger partial charge on any atom is -0.337 e. The summed E-state index contributed by atoms with van der Waals surface area (Å²) in [5, 5.41) is 16.4. The monoisotopic (exact) mass is 298 g/mol. The third-order valence-corrected chi connectivity index (χ3v) is 3.22. The number of nitrogens with zero attached hydrogens (tertiary/aromatic N) is 6. The van der Waals surface area contributed by atoms with Gasteiger partial charge in [0.2, 0.25) is 11.7 Å². The van der Waals surface area contributed by atoms with Gasteiger partial charge in [-0.15, -0.1) is 10.2 Å². The summed E-state index contributed by atoms with van der Waals surface area (Å²) in [5.41, 5.74) is 0.928. The van der Waals surface area contributed by atoms with Gasteiger partial charge < -0.3 is 4.52 Å². The highest BCUT2D eigenvalue weighted by Gasteiger charge is 2.11. The molecule has 0 amide bonds. The van der Waals surface area contributed by atoms with Gasteiger partial charge in [-0.05, 0) is 17.6 Å². The highest BCUT2D eigenvalue weighted by atomic mass is 16.5. The van der Waals surface area contributed by atoms with E-state index in [0.717, 1.165) is 24.2 Å². The van der Waals surface area contributed by atoms with Crippen LogP contribution < -0.4 is 0 Å². The first-order chi connectivity index (χ1) is 10.7. The molecule has 0 fully saturated rings. The zero-order valence-electron chi connectivity index (χ0n) is 12.7. The first-order valence-corrected chi connectivity index (χ1v) is 7.35. The Morgan fingerprint density at radius 3 is 2.77 bits per heavy atom. The summed E-state index contributed by atoms with van der Waals surface area (Å²) in [6, 6.07) is 9.71. The van der Waals surface area contributed by atoms with E-state index in [1.807, 2.05) is 30.3 Å². The number of tetrazole rings is 1. The summed E-state index contributed by atoms with van der Waals surface area (Å²) < 4.78 is 5.23. The van der Waals surface area contributed by atoms with Crippen LogP contribution in [-0.2, 0) is 13.0 Å². The van der Waals surface area contributed by atoms with Crippen LogP contribution in [0.15, 0.2) is 34.9 Å². The minimum atomic E-state index is 0.328. The Labute approximate surface area is 128 Å². The quantitative estimate of drug-likeness (QED) is 0.694. The Kier molecular flexibility index (Phi) is 4.22. The van der Waals surface area contributed by atoms with Crippen molar-refractivity contribution in [1.82, 2.24) is 30.3 Å². The van der Waals surface area contributed by atoms with Crippen LogP contribution >= 0.6 is 0 Å². The van der Waals surface area contributed by atoms with Gasteiger partial charge in [-0.2, -0.15) is 9.78 Å². The van der Waals surface area contributed by atoms with Crippen molar-refractivity contribution < 1.29 is 4.52 Å². The van der Waals surface area contributed by atoms with E-state index < -0.39 is 0 Å². The number of hydrogen-bond donors (Lipinski definition) is 0. The maximum atomic E-state index is 5.23. The van der Waals surface area contributed by atoms with Gasteiger partial charge in [0, 0.05) is 12.0 Å². The number of benzene rings is 1. The molecule has 0 saturated carbocycles. The molecule has 7 nitrogen and oxygen atoms in total. The van der Waals surface area contributed by atoms with Crippen LogP contribution in [0.1, 0.15) is 32.0 Å². The molecule has 0 radical (unpaired) electrons. The molecule has 2 heterocycles. The van der Waals surface area contributed by atoms with E-state index >= 15 is 0 Å². The molecule has 114 valence electrons. The number of aromatic nitrogens is 6. The van der Waals surface area contributed by atoms with Gasteiger partial charge in [-0.1, -0.05) is 49.3 Å². The molecule has 0 atom stereocenters. The molecule has 1 aromatic carbocycles. The third-order valence-electron chi connectivity index (χ3n) is 3.22. The summed E-state index contributed by atoms with van der Waals surface area (Å²) >= 11 is 0. The van der Waals surface area contributed by atoms with Crippen LogP contribution in [0.4, 0.5) is 0 Å².